The summed E-state index contributed by atoms with van der Waals surface area (Å²) in [5.74, 6) is 0.112. The maximum Gasteiger partial charge on any atom is 0.252 e. The molecule has 7 heteroatoms. The summed E-state index contributed by atoms with van der Waals surface area (Å²) < 4.78 is 6.66. The predicted octanol–water partition coefficient (Wildman–Crippen LogP) is 3.07. The molecule has 0 saturated carbocycles. The second-order valence-corrected chi connectivity index (χ2v) is 6.01. The Morgan fingerprint density at radius 3 is 2.74 bits per heavy atom. The number of hydrogen-bond acceptors (Lipinski definition) is 5. The Kier molecular flexibility index (Phi) is 5.54. The maximum atomic E-state index is 11.8. The standard InChI is InChI=1S/C16H19BrN4O2/c1-3-4-7-23-12-6-5-10(17)8-11(12)14-13(15(18)22)9(2)20-16(19)21-14/h5-6,8H,3-4,7H2,1-2H3,(H2,18,22)(H2,19,20,21). The summed E-state index contributed by atoms with van der Waals surface area (Å²) in [6.45, 7) is 4.35. The van der Waals surface area contributed by atoms with Gasteiger partial charge in [-0.2, -0.15) is 0 Å². The Morgan fingerprint density at radius 1 is 1.35 bits per heavy atom. The number of nitrogens with zero attached hydrogens (tertiary/aromatic N) is 2. The number of primary amides is 1. The van der Waals surface area contributed by atoms with Gasteiger partial charge in [0.05, 0.1) is 23.6 Å². The first-order valence-electron chi connectivity index (χ1n) is 7.30. The number of halogens is 1. The molecule has 2 rings (SSSR count). The topological polar surface area (TPSA) is 104 Å². The highest BCUT2D eigenvalue weighted by Crippen LogP contribution is 2.34. The normalized spacial score (nSPS) is 10.6. The molecule has 0 spiro atoms. The molecule has 1 aromatic heterocycles. The molecule has 1 aromatic carbocycles. The molecule has 4 N–H and O–H groups in total. The van der Waals surface area contributed by atoms with Gasteiger partial charge in [0.15, 0.2) is 0 Å². The minimum absolute atomic E-state index is 0.0852. The van der Waals surface area contributed by atoms with Gasteiger partial charge in [-0.3, -0.25) is 4.79 Å². The predicted molar refractivity (Wildman–Crippen MR) is 93.2 cm³/mol. The molecule has 23 heavy (non-hydrogen) atoms. The fourth-order valence-corrected chi connectivity index (χ4v) is 2.59. The van der Waals surface area contributed by atoms with E-state index >= 15 is 0 Å². The van der Waals surface area contributed by atoms with Crippen LogP contribution in [0.15, 0.2) is 22.7 Å². The summed E-state index contributed by atoms with van der Waals surface area (Å²) in [5, 5.41) is 0. The first kappa shape index (κ1) is 17.2. The number of nitrogen functional groups attached to an aromatic ring is 1. The minimum Gasteiger partial charge on any atom is -0.493 e. The van der Waals surface area contributed by atoms with Crippen LogP contribution in [0.4, 0.5) is 5.95 Å². The van der Waals surface area contributed by atoms with Gasteiger partial charge in [-0.1, -0.05) is 29.3 Å². The molecular formula is C16H19BrN4O2. The smallest absolute Gasteiger partial charge is 0.252 e. The van der Waals surface area contributed by atoms with Gasteiger partial charge in [0.2, 0.25) is 5.95 Å². The number of carbonyl (C=O) groups is 1. The molecule has 0 radical (unpaired) electrons. The van der Waals surface area contributed by atoms with Gasteiger partial charge in [0.1, 0.15) is 5.75 Å². The molecule has 0 fully saturated rings. The third-order valence-electron chi connectivity index (χ3n) is 3.31. The molecule has 0 aliphatic carbocycles. The lowest BCUT2D eigenvalue weighted by Crippen LogP contribution is -2.17. The van der Waals surface area contributed by atoms with E-state index in [1.165, 1.54) is 0 Å². The van der Waals surface area contributed by atoms with Crippen molar-refractivity contribution in [1.82, 2.24) is 9.97 Å². The van der Waals surface area contributed by atoms with Crippen molar-refractivity contribution in [1.29, 1.82) is 0 Å². The van der Waals surface area contributed by atoms with E-state index in [0.717, 1.165) is 17.3 Å². The van der Waals surface area contributed by atoms with Crippen molar-refractivity contribution in [2.45, 2.75) is 26.7 Å². The zero-order valence-corrected chi connectivity index (χ0v) is 14.7. The largest absolute Gasteiger partial charge is 0.493 e. The van der Waals surface area contributed by atoms with Crippen molar-refractivity contribution in [2.75, 3.05) is 12.3 Å². The van der Waals surface area contributed by atoms with Gasteiger partial charge in [-0.15, -0.1) is 0 Å². The Bertz CT molecular complexity index is 734. The van der Waals surface area contributed by atoms with Gasteiger partial charge in [-0.05, 0) is 31.5 Å². The van der Waals surface area contributed by atoms with Crippen LogP contribution in [-0.2, 0) is 0 Å². The highest BCUT2D eigenvalue weighted by Gasteiger charge is 2.20. The van der Waals surface area contributed by atoms with E-state index in [0.29, 0.717) is 29.3 Å². The number of unbranched alkanes of at least 4 members (excludes halogenated alkanes) is 1. The quantitative estimate of drug-likeness (QED) is 0.751. The van der Waals surface area contributed by atoms with E-state index in [-0.39, 0.29) is 11.5 Å². The van der Waals surface area contributed by atoms with Crippen LogP contribution in [-0.4, -0.2) is 22.5 Å². The van der Waals surface area contributed by atoms with Crippen LogP contribution in [0.3, 0.4) is 0 Å². The van der Waals surface area contributed by atoms with Crippen molar-refractivity contribution >= 4 is 27.8 Å². The van der Waals surface area contributed by atoms with Crippen LogP contribution in [0.5, 0.6) is 5.75 Å². The Labute approximate surface area is 143 Å². The summed E-state index contributed by atoms with van der Waals surface area (Å²) >= 11 is 3.43. The molecule has 0 unspecified atom stereocenters. The summed E-state index contributed by atoms with van der Waals surface area (Å²) in [6, 6.07) is 5.52. The van der Waals surface area contributed by atoms with Gasteiger partial charge in [-0.25, -0.2) is 9.97 Å². The van der Waals surface area contributed by atoms with Crippen LogP contribution in [0.2, 0.25) is 0 Å². The zero-order chi connectivity index (χ0) is 17.0. The summed E-state index contributed by atoms with van der Waals surface area (Å²) in [7, 11) is 0. The molecule has 6 nitrogen and oxygen atoms in total. The maximum absolute atomic E-state index is 11.8. The first-order valence-corrected chi connectivity index (χ1v) is 8.10. The Morgan fingerprint density at radius 2 is 2.09 bits per heavy atom. The molecule has 0 aliphatic heterocycles. The lowest BCUT2D eigenvalue weighted by Gasteiger charge is -2.14. The second-order valence-electron chi connectivity index (χ2n) is 5.10. The molecule has 0 saturated heterocycles. The average Bonchev–Trinajstić information content (AvgIpc) is 2.47. The van der Waals surface area contributed by atoms with E-state index in [4.69, 9.17) is 16.2 Å². The summed E-state index contributed by atoms with van der Waals surface area (Å²) in [5.41, 5.74) is 13.0. The zero-order valence-electron chi connectivity index (χ0n) is 13.1. The molecule has 0 atom stereocenters. The molecular weight excluding hydrogens is 360 g/mol. The SMILES string of the molecule is CCCCOc1ccc(Br)cc1-c1nc(N)nc(C)c1C(N)=O. The van der Waals surface area contributed by atoms with Crippen LogP contribution in [0.1, 0.15) is 35.8 Å². The number of benzene rings is 1. The van der Waals surface area contributed by atoms with Crippen LogP contribution < -0.4 is 16.2 Å². The van der Waals surface area contributed by atoms with Crippen LogP contribution in [0, 0.1) is 6.92 Å². The number of anilines is 1. The van der Waals surface area contributed by atoms with Crippen molar-refractivity contribution in [2.24, 2.45) is 5.73 Å². The fourth-order valence-electron chi connectivity index (χ4n) is 2.22. The molecule has 122 valence electrons. The van der Waals surface area contributed by atoms with Gasteiger partial charge < -0.3 is 16.2 Å². The summed E-state index contributed by atoms with van der Waals surface area (Å²) in [6.07, 6.45) is 1.96. The number of aryl methyl sites for hydroxylation is 1. The summed E-state index contributed by atoms with van der Waals surface area (Å²) in [4.78, 5) is 20.1. The number of carbonyl (C=O) groups excluding carboxylic acids is 1. The molecule has 0 bridgehead atoms. The van der Waals surface area contributed by atoms with E-state index < -0.39 is 5.91 Å². The minimum atomic E-state index is -0.600. The number of aromatic nitrogens is 2. The van der Waals surface area contributed by atoms with Crippen LogP contribution >= 0.6 is 15.9 Å². The van der Waals surface area contributed by atoms with Crippen molar-refractivity contribution in [3.63, 3.8) is 0 Å². The first-order chi connectivity index (χ1) is 10.9. The number of rotatable bonds is 6. The van der Waals surface area contributed by atoms with Crippen molar-refractivity contribution in [3.05, 3.63) is 33.9 Å². The highest BCUT2D eigenvalue weighted by molar-refractivity contribution is 9.10. The lowest BCUT2D eigenvalue weighted by molar-refractivity contribution is 0.0999. The van der Waals surface area contributed by atoms with Gasteiger partial charge in [0.25, 0.3) is 5.91 Å². The monoisotopic (exact) mass is 378 g/mol. The number of amides is 1. The van der Waals surface area contributed by atoms with Crippen LogP contribution in [0.25, 0.3) is 11.3 Å². The van der Waals surface area contributed by atoms with E-state index in [9.17, 15) is 4.79 Å². The van der Waals surface area contributed by atoms with Gasteiger partial charge in [0, 0.05) is 10.0 Å². The molecule has 0 aliphatic rings. The third-order valence-corrected chi connectivity index (χ3v) is 3.80. The van der Waals surface area contributed by atoms with Gasteiger partial charge >= 0.3 is 0 Å². The average molecular weight is 379 g/mol. The number of ether oxygens (including phenoxy) is 1. The van der Waals surface area contributed by atoms with Crippen molar-refractivity contribution in [3.8, 4) is 17.0 Å². The number of hydrogen-bond donors (Lipinski definition) is 2. The fraction of sp³-hybridized carbons (Fsp3) is 0.312. The highest BCUT2D eigenvalue weighted by atomic mass is 79.9. The van der Waals surface area contributed by atoms with E-state index in [2.05, 4.69) is 32.8 Å². The number of nitrogens with two attached hydrogens (primary N) is 2. The molecule has 2 aromatic rings. The lowest BCUT2D eigenvalue weighted by atomic mass is 10.0. The van der Waals surface area contributed by atoms with E-state index in [1.54, 1.807) is 6.92 Å². The van der Waals surface area contributed by atoms with E-state index in [1.807, 2.05) is 18.2 Å². The Balaban J connectivity index is 2.61. The third kappa shape index (κ3) is 3.98. The molecule has 1 amide bonds. The Hall–Kier alpha value is -2.15. The second kappa shape index (κ2) is 7.41. The van der Waals surface area contributed by atoms with Crippen molar-refractivity contribution < 1.29 is 9.53 Å². The molecule has 1 heterocycles.